The predicted molar refractivity (Wildman–Crippen MR) is 85.5 cm³/mol. The second-order valence-electron chi connectivity index (χ2n) is 5.39. The lowest BCUT2D eigenvalue weighted by molar-refractivity contribution is -0.703. The van der Waals surface area contributed by atoms with Crippen LogP contribution in [-0.2, 0) is 11.3 Å². The molecule has 1 atom stereocenters. The van der Waals surface area contributed by atoms with Crippen LogP contribution >= 0.6 is 0 Å². The van der Waals surface area contributed by atoms with Crippen molar-refractivity contribution in [1.29, 1.82) is 0 Å². The topological polar surface area (TPSA) is 56.0 Å². The smallest absolute Gasteiger partial charge is 0.338 e. The molecule has 0 spiro atoms. The second kappa shape index (κ2) is 7.80. The number of quaternary nitrogens is 1. The first-order valence-electron chi connectivity index (χ1n) is 7.83. The number of rotatable bonds is 7. The Kier molecular flexibility index (Phi) is 5.78. The minimum atomic E-state index is -0.294. The number of esters is 1. The molecule has 0 aliphatic heterocycles. The molecule has 22 heavy (non-hydrogen) atoms. The van der Waals surface area contributed by atoms with Gasteiger partial charge in [-0.25, -0.2) is 4.79 Å². The SMILES string of the molecule is CCOC(=O)c1ccc(-c2ccc(C[NH2+][C@H](C)CC)o2)cc1. The Labute approximate surface area is 131 Å². The highest BCUT2D eigenvalue weighted by atomic mass is 16.5. The Balaban J connectivity index is 2.03. The summed E-state index contributed by atoms with van der Waals surface area (Å²) in [5, 5.41) is 2.27. The Morgan fingerprint density at radius 1 is 1.18 bits per heavy atom. The quantitative estimate of drug-likeness (QED) is 0.800. The zero-order chi connectivity index (χ0) is 15.9. The van der Waals surface area contributed by atoms with Crippen LogP contribution in [0.5, 0.6) is 0 Å². The average Bonchev–Trinajstić information content (AvgIpc) is 3.02. The van der Waals surface area contributed by atoms with Crippen molar-refractivity contribution in [1.82, 2.24) is 0 Å². The maximum atomic E-state index is 11.6. The Morgan fingerprint density at radius 3 is 2.55 bits per heavy atom. The van der Waals surface area contributed by atoms with Gasteiger partial charge in [0.05, 0.1) is 18.2 Å². The van der Waals surface area contributed by atoms with Crippen LogP contribution < -0.4 is 5.32 Å². The van der Waals surface area contributed by atoms with Gasteiger partial charge < -0.3 is 14.5 Å². The first-order valence-corrected chi connectivity index (χ1v) is 7.83. The number of carbonyl (C=O) groups is 1. The van der Waals surface area contributed by atoms with Crippen LogP contribution in [-0.4, -0.2) is 18.6 Å². The molecule has 0 amide bonds. The van der Waals surface area contributed by atoms with E-state index < -0.39 is 0 Å². The van der Waals surface area contributed by atoms with E-state index in [9.17, 15) is 4.79 Å². The third-order valence-electron chi connectivity index (χ3n) is 3.71. The van der Waals surface area contributed by atoms with Crippen LogP contribution in [0.1, 0.15) is 43.3 Å². The van der Waals surface area contributed by atoms with Gasteiger partial charge >= 0.3 is 5.97 Å². The third kappa shape index (κ3) is 4.21. The summed E-state index contributed by atoms with van der Waals surface area (Å²) in [6.45, 7) is 7.41. The number of furan rings is 1. The fourth-order valence-electron chi connectivity index (χ4n) is 2.11. The molecule has 0 bridgehead atoms. The normalized spacial score (nSPS) is 12.1. The fourth-order valence-corrected chi connectivity index (χ4v) is 2.11. The first-order chi connectivity index (χ1) is 10.6. The molecule has 4 heteroatoms. The highest BCUT2D eigenvalue weighted by molar-refractivity contribution is 5.89. The van der Waals surface area contributed by atoms with Crippen LogP contribution in [0.4, 0.5) is 0 Å². The van der Waals surface area contributed by atoms with Crippen molar-refractivity contribution in [3.63, 3.8) is 0 Å². The van der Waals surface area contributed by atoms with Gasteiger partial charge in [-0.15, -0.1) is 0 Å². The summed E-state index contributed by atoms with van der Waals surface area (Å²) in [6, 6.07) is 11.9. The van der Waals surface area contributed by atoms with Gasteiger partial charge in [-0.2, -0.15) is 0 Å². The summed E-state index contributed by atoms with van der Waals surface area (Å²) in [6.07, 6.45) is 1.14. The van der Waals surface area contributed by atoms with E-state index in [1.54, 1.807) is 19.1 Å². The van der Waals surface area contributed by atoms with E-state index in [-0.39, 0.29) is 5.97 Å². The van der Waals surface area contributed by atoms with E-state index in [1.165, 1.54) is 0 Å². The Bertz CT molecular complexity index is 601. The highest BCUT2D eigenvalue weighted by Crippen LogP contribution is 2.22. The molecule has 0 aliphatic carbocycles. The molecule has 2 N–H and O–H groups in total. The maximum Gasteiger partial charge on any atom is 0.338 e. The van der Waals surface area contributed by atoms with Crippen molar-refractivity contribution in [3.05, 3.63) is 47.7 Å². The molecule has 2 aromatic rings. The molecule has 0 radical (unpaired) electrons. The summed E-state index contributed by atoms with van der Waals surface area (Å²) in [4.78, 5) is 11.6. The lowest BCUT2D eigenvalue weighted by Crippen LogP contribution is -2.87. The summed E-state index contributed by atoms with van der Waals surface area (Å²) in [7, 11) is 0. The second-order valence-corrected chi connectivity index (χ2v) is 5.39. The van der Waals surface area contributed by atoms with Crippen molar-refractivity contribution in [2.45, 2.75) is 39.8 Å². The molecular weight excluding hydrogens is 278 g/mol. The van der Waals surface area contributed by atoms with Gasteiger partial charge in [-0.1, -0.05) is 19.1 Å². The van der Waals surface area contributed by atoms with Gasteiger partial charge in [0.15, 0.2) is 5.76 Å². The van der Waals surface area contributed by atoms with Crippen LogP contribution in [0.25, 0.3) is 11.3 Å². The lowest BCUT2D eigenvalue weighted by atomic mass is 10.1. The predicted octanol–water partition coefficient (Wildman–Crippen LogP) is 2.99. The van der Waals surface area contributed by atoms with Crippen molar-refractivity contribution < 1.29 is 19.3 Å². The molecular formula is C18H24NO3+. The number of benzene rings is 1. The van der Waals surface area contributed by atoms with E-state index in [0.717, 1.165) is 30.0 Å². The van der Waals surface area contributed by atoms with E-state index in [1.807, 2.05) is 24.3 Å². The number of carbonyl (C=O) groups excluding carboxylic acids is 1. The first kappa shape index (κ1) is 16.3. The molecule has 1 heterocycles. The van der Waals surface area contributed by atoms with Crippen LogP contribution in [0.3, 0.4) is 0 Å². The van der Waals surface area contributed by atoms with Gasteiger partial charge in [0.25, 0.3) is 0 Å². The molecule has 0 saturated heterocycles. The molecule has 0 saturated carbocycles. The van der Waals surface area contributed by atoms with Crippen molar-refractivity contribution in [2.75, 3.05) is 6.61 Å². The van der Waals surface area contributed by atoms with Crippen LogP contribution in [0, 0.1) is 0 Å². The van der Waals surface area contributed by atoms with Crippen LogP contribution in [0.15, 0.2) is 40.8 Å². The van der Waals surface area contributed by atoms with E-state index in [0.29, 0.717) is 18.2 Å². The number of ether oxygens (including phenoxy) is 1. The molecule has 0 fully saturated rings. The number of hydrogen-bond acceptors (Lipinski definition) is 3. The fraction of sp³-hybridized carbons (Fsp3) is 0.389. The summed E-state index contributed by atoms with van der Waals surface area (Å²) in [5.41, 5.74) is 1.52. The van der Waals surface area contributed by atoms with E-state index >= 15 is 0 Å². The average molecular weight is 302 g/mol. The zero-order valence-corrected chi connectivity index (χ0v) is 13.5. The van der Waals surface area contributed by atoms with Crippen LogP contribution in [0.2, 0.25) is 0 Å². The molecule has 0 unspecified atom stereocenters. The van der Waals surface area contributed by atoms with Crippen molar-refractivity contribution in [3.8, 4) is 11.3 Å². The van der Waals surface area contributed by atoms with Crippen molar-refractivity contribution in [2.24, 2.45) is 0 Å². The summed E-state index contributed by atoms with van der Waals surface area (Å²) < 4.78 is 10.8. The van der Waals surface area contributed by atoms with E-state index in [2.05, 4.69) is 19.2 Å². The summed E-state index contributed by atoms with van der Waals surface area (Å²) in [5.74, 6) is 1.49. The third-order valence-corrected chi connectivity index (χ3v) is 3.71. The minimum Gasteiger partial charge on any atom is -0.462 e. The molecule has 1 aromatic heterocycles. The number of hydrogen-bond donors (Lipinski definition) is 1. The number of nitrogens with two attached hydrogens (primary N) is 1. The van der Waals surface area contributed by atoms with Gasteiger partial charge in [-0.3, -0.25) is 0 Å². The molecule has 0 aliphatic rings. The molecule has 2 rings (SSSR count). The zero-order valence-electron chi connectivity index (χ0n) is 13.5. The molecule has 118 valence electrons. The monoisotopic (exact) mass is 302 g/mol. The van der Waals surface area contributed by atoms with Gasteiger partial charge in [0.1, 0.15) is 12.3 Å². The minimum absolute atomic E-state index is 0.294. The van der Waals surface area contributed by atoms with E-state index in [4.69, 9.17) is 9.15 Å². The highest BCUT2D eigenvalue weighted by Gasteiger charge is 2.10. The van der Waals surface area contributed by atoms with Gasteiger partial charge in [0.2, 0.25) is 0 Å². The summed E-state index contributed by atoms with van der Waals surface area (Å²) >= 11 is 0. The lowest BCUT2D eigenvalue weighted by Gasteiger charge is -2.05. The standard InChI is InChI=1S/C18H23NO3/c1-4-13(3)19-12-16-10-11-17(22-16)14-6-8-15(9-7-14)18(20)21-5-2/h6-11,13,19H,4-5,12H2,1-3H3/p+1/t13-/m1/s1. The van der Waals surface area contributed by atoms with Crippen molar-refractivity contribution >= 4 is 5.97 Å². The maximum absolute atomic E-state index is 11.6. The van der Waals surface area contributed by atoms with Gasteiger partial charge in [-0.05, 0) is 44.5 Å². The molecule has 1 aromatic carbocycles. The Morgan fingerprint density at radius 2 is 1.91 bits per heavy atom. The Hall–Kier alpha value is -2.07. The van der Waals surface area contributed by atoms with Gasteiger partial charge in [0, 0.05) is 5.56 Å². The largest absolute Gasteiger partial charge is 0.462 e. The molecule has 4 nitrogen and oxygen atoms in total.